The smallest absolute Gasteiger partial charge is 0.0477 e. The Morgan fingerprint density at radius 3 is 2.77 bits per heavy atom. The molecule has 0 aromatic carbocycles. The van der Waals surface area contributed by atoms with E-state index in [9.17, 15) is 0 Å². The van der Waals surface area contributed by atoms with Gasteiger partial charge >= 0.3 is 0 Å². The summed E-state index contributed by atoms with van der Waals surface area (Å²) >= 11 is 2.01. The Hall–Kier alpha value is 0.270. The van der Waals surface area contributed by atoms with Crippen LogP contribution in [-0.2, 0) is 4.74 Å². The van der Waals surface area contributed by atoms with Crippen LogP contribution in [0.4, 0.5) is 0 Å². The lowest BCUT2D eigenvalue weighted by molar-refractivity contribution is 0.145. The number of ether oxygens (including phenoxy) is 1. The SMILES string of the molecule is CCOCCCNCC(C)SCC. The van der Waals surface area contributed by atoms with Crippen LogP contribution in [0.5, 0.6) is 0 Å². The summed E-state index contributed by atoms with van der Waals surface area (Å²) in [7, 11) is 0. The van der Waals surface area contributed by atoms with Gasteiger partial charge in [0.2, 0.25) is 0 Å². The van der Waals surface area contributed by atoms with Crippen LogP contribution in [0.15, 0.2) is 0 Å². The number of hydrogen-bond acceptors (Lipinski definition) is 3. The molecule has 0 rings (SSSR count). The molecule has 0 amide bonds. The Morgan fingerprint density at radius 1 is 1.38 bits per heavy atom. The third-order valence-electron chi connectivity index (χ3n) is 1.73. The van der Waals surface area contributed by atoms with E-state index in [-0.39, 0.29) is 0 Å². The molecule has 0 aromatic rings. The van der Waals surface area contributed by atoms with Gasteiger partial charge in [-0.25, -0.2) is 0 Å². The standard InChI is InChI=1S/C10H23NOS/c1-4-12-8-6-7-11-9-10(3)13-5-2/h10-11H,4-9H2,1-3H3. The largest absolute Gasteiger partial charge is 0.382 e. The van der Waals surface area contributed by atoms with Crippen molar-refractivity contribution < 1.29 is 4.74 Å². The monoisotopic (exact) mass is 205 g/mol. The van der Waals surface area contributed by atoms with Crippen LogP contribution in [0, 0.1) is 0 Å². The van der Waals surface area contributed by atoms with Gasteiger partial charge in [0.05, 0.1) is 0 Å². The molecule has 13 heavy (non-hydrogen) atoms. The molecule has 1 unspecified atom stereocenters. The summed E-state index contributed by atoms with van der Waals surface area (Å²) in [5.41, 5.74) is 0. The molecule has 0 saturated carbocycles. The maximum atomic E-state index is 5.24. The Bertz CT molecular complexity index is 101. The van der Waals surface area contributed by atoms with Crippen molar-refractivity contribution in [1.29, 1.82) is 0 Å². The lowest BCUT2D eigenvalue weighted by atomic mass is 10.4. The quantitative estimate of drug-likeness (QED) is 0.583. The maximum absolute atomic E-state index is 5.24. The van der Waals surface area contributed by atoms with Crippen LogP contribution in [0.2, 0.25) is 0 Å². The van der Waals surface area contributed by atoms with Crippen LogP contribution < -0.4 is 5.32 Å². The van der Waals surface area contributed by atoms with Crippen molar-refractivity contribution in [3.8, 4) is 0 Å². The molecule has 0 radical (unpaired) electrons. The van der Waals surface area contributed by atoms with E-state index in [2.05, 4.69) is 19.2 Å². The molecule has 0 aliphatic carbocycles. The minimum Gasteiger partial charge on any atom is -0.382 e. The Morgan fingerprint density at radius 2 is 2.15 bits per heavy atom. The Kier molecular flexibility index (Phi) is 10.6. The molecule has 3 heteroatoms. The summed E-state index contributed by atoms with van der Waals surface area (Å²) in [6.07, 6.45) is 1.12. The van der Waals surface area contributed by atoms with Gasteiger partial charge in [-0.05, 0) is 25.6 Å². The van der Waals surface area contributed by atoms with E-state index in [0.717, 1.165) is 38.0 Å². The molecule has 1 N–H and O–H groups in total. The van der Waals surface area contributed by atoms with E-state index >= 15 is 0 Å². The molecule has 0 aliphatic heterocycles. The fourth-order valence-corrected chi connectivity index (χ4v) is 1.90. The second-order valence-corrected chi connectivity index (χ2v) is 4.74. The fraction of sp³-hybridized carbons (Fsp3) is 1.00. The second kappa shape index (κ2) is 10.4. The molecule has 0 aliphatic rings. The van der Waals surface area contributed by atoms with Crippen LogP contribution >= 0.6 is 11.8 Å². The average molecular weight is 205 g/mol. The third-order valence-corrected chi connectivity index (χ3v) is 2.80. The lowest BCUT2D eigenvalue weighted by Gasteiger charge is -2.10. The van der Waals surface area contributed by atoms with Gasteiger partial charge in [0, 0.05) is 25.0 Å². The van der Waals surface area contributed by atoms with E-state index < -0.39 is 0 Å². The molecule has 80 valence electrons. The molecule has 0 saturated heterocycles. The summed E-state index contributed by atoms with van der Waals surface area (Å²) in [5.74, 6) is 1.21. The van der Waals surface area contributed by atoms with Crippen molar-refractivity contribution in [3.63, 3.8) is 0 Å². The van der Waals surface area contributed by atoms with Crippen molar-refractivity contribution >= 4 is 11.8 Å². The highest BCUT2D eigenvalue weighted by Crippen LogP contribution is 2.07. The summed E-state index contributed by atoms with van der Waals surface area (Å²) < 4.78 is 5.24. The highest BCUT2D eigenvalue weighted by molar-refractivity contribution is 7.99. The summed E-state index contributed by atoms with van der Waals surface area (Å²) in [4.78, 5) is 0. The van der Waals surface area contributed by atoms with E-state index in [4.69, 9.17) is 4.74 Å². The minimum absolute atomic E-state index is 0.733. The normalized spacial score (nSPS) is 13.2. The van der Waals surface area contributed by atoms with Gasteiger partial charge in [0.1, 0.15) is 0 Å². The highest BCUT2D eigenvalue weighted by Gasteiger charge is 1.98. The number of thioether (sulfide) groups is 1. The summed E-state index contributed by atoms with van der Waals surface area (Å²) in [6, 6.07) is 0. The molecule has 0 fully saturated rings. The van der Waals surface area contributed by atoms with E-state index in [1.807, 2.05) is 18.7 Å². The second-order valence-electron chi connectivity index (χ2n) is 3.02. The van der Waals surface area contributed by atoms with Gasteiger partial charge in [0.15, 0.2) is 0 Å². The summed E-state index contributed by atoms with van der Waals surface area (Å²) in [6.45, 7) is 10.4. The zero-order valence-electron chi connectivity index (χ0n) is 9.14. The number of rotatable bonds is 9. The van der Waals surface area contributed by atoms with Crippen LogP contribution in [0.1, 0.15) is 27.2 Å². The van der Waals surface area contributed by atoms with Crippen molar-refractivity contribution in [3.05, 3.63) is 0 Å². The Balaban J connectivity index is 2.97. The molecule has 0 heterocycles. The zero-order valence-corrected chi connectivity index (χ0v) is 9.95. The predicted octanol–water partition coefficient (Wildman–Crippen LogP) is 2.14. The number of hydrogen-bond donors (Lipinski definition) is 1. The maximum Gasteiger partial charge on any atom is 0.0477 e. The van der Waals surface area contributed by atoms with Crippen molar-refractivity contribution in [2.24, 2.45) is 0 Å². The molecule has 1 atom stereocenters. The first-order chi connectivity index (χ1) is 6.31. The molecule has 2 nitrogen and oxygen atoms in total. The predicted molar refractivity (Wildman–Crippen MR) is 61.6 cm³/mol. The first-order valence-electron chi connectivity index (χ1n) is 5.21. The average Bonchev–Trinajstić information content (AvgIpc) is 2.11. The van der Waals surface area contributed by atoms with Crippen molar-refractivity contribution in [2.45, 2.75) is 32.4 Å². The van der Waals surface area contributed by atoms with E-state index in [1.54, 1.807) is 0 Å². The van der Waals surface area contributed by atoms with Crippen molar-refractivity contribution in [2.75, 3.05) is 32.1 Å². The van der Waals surface area contributed by atoms with Crippen molar-refractivity contribution in [1.82, 2.24) is 5.32 Å². The summed E-state index contributed by atoms with van der Waals surface area (Å²) in [5, 5.41) is 4.16. The third kappa shape index (κ3) is 10.2. The number of nitrogens with one attached hydrogen (secondary N) is 1. The molecular weight excluding hydrogens is 182 g/mol. The van der Waals surface area contributed by atoms with Gasteiger partial charge in [-0.15, -0.1) is 0 Å². The van der Waals surface area contributed by atoms with Crippen LogP contribution in [-0.4, -0.2) is 37.3 Å². The fourth-order valence-electron chi connectivity index (χ4n) is 1.09. The van der Waals surface area contributed by atoms with E-state index in [0.29, 0.717) is 0 Å². The highest BCUT2D eigenvalue weighted by atomic mass is 32.2. The molecule has 0 spiro atoms. The molecule has 0 aromatic heterocycles. The van der Waals surface area contributed by atoms with Gasteiger partial charge in [-0.1, -0.05) is 13.8 Å². The van der Waals surface area contributed by atoms with E-state index in [1.165, 1.54) is 5.75 Å². The van der Waals surface area contributed by atoms with Gasteiger partial charge in [-0.3, -0.25) is 0 Å². The lowest BCUT2D eigenvalue weighted by Crippen LogP contribution is -2.24. The van der Waals surface area contributed by atoms with Crippen LogP contribution in [0.3, 0.4) is 0 Å². The zero-order chi connectivity index (χ0) is 9.94. The van der Waals surface area contributed by atoms with Crippen LogP contribution in [0.25, 0.3) is 0 Å². The van der Waals surface area contributed by atoms with Gasteiger partial charge in [-0.2, -0.15) is 11.8 Å². The van der Waals surface area contributed by atoms with Gasteiger partial charge < -0.3 is 10.1 Å². The topological polar surface area (TPSA) is 21.3 Å². The first kappa shape index (κ1) is 13.3. The first-order valence-corrected chi connectivity index (χ1v) is 6.26. The molecule has 0 bridgehead atoms. The minimum atomic E-state index is 0.733. The Labute approximate surface area is 86.8 Å². The van der Waals surface area contributed by atoms with Gasteiger partial charge in [0.25, 0.3) is 0 Å². The molecular formula is C10H23NOS.